The Hall–Kier alpha value is -2.58. The molecule has 1 unspecified atom stereocenters. The first kappa shape index (κ1) is 21.3. The molecule has 6 nitrogen and oxygen atoms in total. The fourth-order valence-electron chi connectivity index (χ4n) is 4.35. The minimum Gasteiger partial charge on any atom is -0.381 e. The van der Waals surface area contributed by atoms with Gasteiger partial charge in [0.2, 0.25) is 10.0 Å². The molecule has 2 heterocycles. The molecule has 2 aromatic rings. The number of aromatic nitrogens is 1. The number of ketones is 1. The number of pyridine rings is 1. The Bertz CT molecular complexity index is 1200. The number of fused-ring (bicyclic) bond motifs is 1. The van der Waals surface area contributed by atoms with Crippen LogP contribution in [0.2, 0.25) is 0 Å². The van der Waals surface area contributed by atoms with E-state index in [1.807, 2.05) is 18.2 Å². The summed E-state index contributed by atoms with van der Waals surface area (Å²) < 4.78 is 47.4. The normalized spacial score (nSPS) is 19.8. The third-order valence-electron chi connectivity index (χ3n) is 6.20. The van der Waals surface area contributed by atoms with E-state index in [2.05, 4.69) is 9.71 Å². The van der Waals surface area contributed by atoms with E-state index < -0.39 is 15.8 Å². The number of sulfonamides is 1. The third-order valence-corrected chi connectivity index (χ3v) is 7.64. The van der Waals surface area contributed by atoms with Crippen molar-refractivity contribution in [1.82, 2.24) is 4.98 Å². The molecule has 1 aliphatic heterocycles. The van der Waals surface area contributed by atoms with Crippen molar-refractivity contribution in [3.63, 3.8) is 0 Å². The van der Waals surface area contributed by atoms with Crippen LogP contribution in [0.5, 0.6) is 0 Å². The van der Waals surface area contributed by atoms with E-state index in [9.17, 15) is 17.6 Å². The number of anilines is 1. The number of nitrogens with zero attached hydrogens (tertiary/aromatic N) is 1. The van der Waals surface area contributed by atoms with Gasteiger partial charge in [-0.15, -0.1) is 0 Å². The highest BCUT2D eigenvalue weighted by molar-refractivity contribution is 7.92. The molecule has 168 valence electrons. The van der Waals surface area contributed by atoms with Gasteiger partial charge in [-0.1, -0.05) is 18.2 Å². The van der Waals surface area contributed by atoms with Gasteiger partial charge in [0.25, 0.3) is 0 Å². The summed E-state index contributed by atoms with van der Waals surface area (Å²) in [6.07, 6.45) is 7.52. The second-order valence-corrected chi connectivity index (χ2v) is 10.6. The van der Waals surface area contributed by atoms with Gasteiger partial charge in [-0.2, -0.15) is 0 Å². The lowest BCUT2D eigenvalue weighted by molar-refractivity contribution is -0.119. The van der Waals surface area contributed by atoms with Crippen molar-refractivity contribution in [3.8, 4) is 11.1 Å². The quantitative estimate of drug-likeness (QED) is 0.654. The minimum absolute atomic E-state index is 0.0713. The van der Waals surface area contributed by atoms with E-state index in [0.717, 1.165) is 29.7 Å². The zero-order chi connectivity index (χ0) is 22.3. The molecule has 8 heteroatoms. The first-order valence-electron chi connectivity index (χ1n) is 11.0. The Morgan fingerprint density at radius 1 is 1.22 bits per heavy atom. The maximum Gasteiger partial charge on any atom is 0.233 e. The highest BCUT2D eigenvalue weighted by atomic mass is 32.2. The number of allylic oxidation sites excluding steroid dienone is 1. The monoisotopic (exact) mass is 456 g/mol. The number of carbonyl (C=O) groups is 1. The van der Waals surface area contributed by atoms with Gasteiger partial charge >= 0.3 is 0 Å². The van der Waals surface area contributed by atoms with Crippen LogP contribution < -0.4 is 4.72 Å². The number of ether oxygens (including phenoxy) is 1. The SMILES string of the molecule is O=C(Cc1cc(-c2ccc(NS(=O)(=O)CC3CCOC3)c(F)c2)c2c(n1)CC=C2)C1CC1. The van der Waals surface area contributed by atoms with Gasteiger partial charge in [-0.3, -0.25) is 14.5 Å². The summed E-state index contributed by atoms with van der Waals surface area (Å²) in [6, 6.07) is 6.35. The molecule has 1 N–H and O–H groups in total. The molecule has 0 amide bonds. The van der Waals surface area contributed by atoms with Crippen molar-refractivity contribution in [2.45, 2.75) is 32.1 Å². The predicted molar refractivity (Wildman–Crippen MR) is 120 cm³/mol. The number of Topliss-reactive ketones (excluding diaryl/α,β-unsaturated/α-hetero) is 1. The van der Waals surface area contributed by atoms with Crippen molar-refractivity contribution >= 4 is 27.6 Å². The van der Waals surface area contributed by atoms with Crippen LogP contribution in [-0.4, -0.2) is 38.2 Å². The van der Waals surface area contributed by atoms with E-state index in [1.165, 1.54) is 12.1 Å². The van der Waals surface area contributed by atoms with E-state index in [-0.39, 0.29) is 35.5 Å². The number of carbonyl (C=O) groups excluding carboxylic acids is 1. The van der Waals surface area contributed by atoms with Crippen molar-refractivity contribution in [1.29, 1.82) is 0 Å². The Balaban J connectivity index is 1.40. The molecule has 1 aromatic carbocycles. The molecule has 0 radical (unpaired) electrons. The number of hydrogen-bond acceptors (Lipinski definition) is 5. The van der Waals surface area contributed by atoms with Crippen LogP contribution in [-0.2, 0) is 32.4 Å². The number of halogens is 1. The Kier molecular flexibility index (Phi) is 5.59. The van der Waals surface area contributed by atoms with Crippen molar-refractivity contribution < 1.29 is 22.3 Å². The van der Waals surface area contributed by atoms with Gasteiger partial charge in [-0.25, -0.2) is 12.8 Å². The maximum absolute atomic E-state index is 14.9. The van der Waals surface area contributed by atoms with Gasteiger partial charge in [0.1, 0.15) is 11.6 Å². The van der Waals surface area contributed by atoms with Gasteiger partial charge in [0, 0.05) is 42.5 Å². The topological polar surface area (TPSA) is 85.4 Å². The van der Waals surface area contributed by atoms with Crippen LogP contribution in [0.3, 0.4) is 0 Å². The standard InChI is InChI=1S/C24H25FN2O4S/c25-21-10-17(6-7-23(21)27-32(29,30)14-15-8-9-31-13-15)20-11-18(12-24(28)16-4-5-16)26-22-3-1-2-19(20)22/h1-2,6-7,10-11,15-16,27H,3-5,8-9,12-14H2. The molecule has 2 aliphatic carbocycles. The third kappa shape index (κ3) is 4.61. The van der Waals surface area contributed by atoms with E-state index >= 15 is 0 Å². The lowest BCUT2D eigenvalue weighted by Gasteiger charge is -2.14. The largest absolute Gasteiger partial charge is 0.381 e. The molecule has 5 rings (SSSR count). The van der Waals surface area contributed by atoms with Crippen molar-refractivity contribution in [2.75, 3.05) is 23.7 Å². The molecule has 1 aromatic heterocycles. The van der Waals surface area contributed by atoms with Crippen molar-refractivity contribution in [2.24, 2.45) is 11.8 Å². The van der Waals surface area contributed by atoms with E-state index in [4.69, 9.17) is 4.74 Å². The van der Waals surface area contributed by atoms with Crippen LogP contribution in [0.1, 0.15) is 36.2 Å². The first-order chi connectivity index (χ1) is 15.4. The van der Waals surface area contributed by atoms with Crippen LogP contribution >= 0.6 is 0 Å². The number of benzene rings is 1. The fraction of sp³-hybridized carbons (Fsp3) is 0.417. The summed E-state index contributed by atoms with van der Waals surface area (Å²) in [5.41, 5.74) is 3.85. The van der Waals surface area contributed by atoms with Crippen molar-refractivity contribution in [3.05, 3.63) is 53.1 Å². The highest BCUT2D eigenvalue weighted by Gasteiger charge is 2.30. The summed E-state index contributed by atoms with van der Waals surface area (Å²) in [5.74, 6) is -0.435. The second-order valence-electron chi connectivity index (χ2n) is 8.85. The summed E-state index contributed by atoms with van der Waals surface area (Å²) in [5, 5.41) is 0. The number of nitrogens with one attached hydrogen (secondary N) is 1. The predicted octanol–water partition coefficient (Wildman–Crippen LogP) is 3.76. The molecule has 32 heavy (non-hydrogen) atoms. The number of hydrogen-bond donors (Lipinski definition) is 1. The molecule has 3 aliphatic rings. The fourth-order valence-corrected chi connectivity index (χ4v) is 5.82. The van der Waals surface area contributed by atoms with E-state index in [1.54, 1.807) is 6.07 Å². The zero-order valence-electron chi connectivity index (χ0n) is 17.6. The summed E-state index contributed by atoms with van der Waals surface area (Å²) in [6.45, 7) is 0.969. The lowest BCUT2D eigenvalue weighted by atomic mass is 9.97. The minimum atomic E-state index is -3.68. The molecule has 1 atom stereocenters. The summed E-state index contributed by atoms with van der Waals surface area (Å²) in [7, 11) is -3.68. The Labute approximate surface area is 186 Å². The van der Waals surface area contributed by atoms with Gasteiger partial charge in [-0.05, 0) is 48.6 Å². The molecular weight excluding hydrogens is 431 g/mol. The first-order valence-corrected chi connectivity index (χ1v) is 12.6. The lowest BCUT2D eigenvalue weighted by Crippen LogP contribution is -2.23. The van der Waals surface area contributed by atoms with Crippen LogP contribution in [0.15, 0.2) is 30.3 Å². The average Bonchev–Trinajstić information content (AvgIpc) is 3.29. The van der Waals surface area contributed by atoms with Crippen LogP contribution in [0.25, 0.3) is 17.2 Å². The smallest absolute Gasteiger partial charge is 0.233 e. The summed E-state index contributed by atoms with van der Waals surface area (Å²) >= 11 is 0. The molecule has 1 saturated heterocycles. The van der Waals surface area contributed by atoms with Crippen LogP contribution in [0, 0.1) is 17.7 Å². The molecule has 2 fully saturated rings. The van der Waals surface area contributed by atoms with Crippen LogP contribution in [0.4, 0.5) is 10.1 Å². The molecule has 0 bridgehead atoms. The molecular formula is C24H25FN2O4S. The molecule has 0 spiro atoms. The second kappa shape index (κ2) is 8.41. The average molecular weight is 457 g/mol. The van der Waals surface area contributed by atoms with Gasteiger partial charge in [0.15, 0.2) is 0 Å². The Morgan fingerprint density at radius 3 is 2.78 bits per heavy atom. The molecule has 1 saturated carbocycles. The highest BCUT2D eigenvalue weighted by Crippen LogP contribution is 2.35. The summed E-state index contributed by atoms with van der Waals surface area (Å²) in [4.78, 5) is 16.9. The zero-order valence-corrected chi connectivity index (χ0v) is 18.5. The van der Waals surface area contributed by atoms with Gasteiger partial charge < -0.3 is 4.74 Å². The maximum atomic E-state index is 14.9. The number of rotatable bonds is 8. The van der Waals surface area contributed by atoms with Gasteiger partial charge in [0.05, 0.1) is 23.7 Å². The Morgan fingerprint density at radius 2 is 2.06 bits per heavy atom. The van der Waals surface area contributed by atoms with E-state index in [0.29, 0.717) is 37.3 Å².